The number of nitrogens with one attached hydrogen (secondary N) is 1. The lowest BCUT2D eigenvalue weighted by atomic mass is 10.1. The SMILES string of the molecule is COc1ccc(-c2nnc(C)o2)cc1NC(=O)c1ccc2c(=O)n(C)cnc2c1. The molecular formula is C20H17N5O4. The molecule has 4 aromatic rings. The van der Waals surface area contributed by atoms with Crippen molar-refractivity contribution in [2.45, 2.75) is 6.92 Å². The van der Waals surface area contributed by atoms with Crippen molar-refractivity contribution in [3.05, 3.63) is 64.5 Å². The smallest absolute Gasteiger partial charge is 0.260 e. The maximum Gasteiger partial charge on any atom is 0.260 e. The molecule has 1 amide bonds. The summed E-state index contributed by atoms with van der Waals surface area (Å²) in [5.41, 5.74) is 1.72. The molecule has 0 fully saturated rings. The van der Waals surface area contributed by atoms with E-state index in [9.17, 15) is 9.59 Å². The average Bonchev–Trinajstić information content (AvgIpc) is 3.17. The third kappa shape index (κ3) is 3.45. The number of carbonyl (C=O) groups excluding carboxylic acids is 1. The van der Waals surface area contributed by atoms with Crippen molar-refractivity contribution in [3.8, 4) is 17.2 Å². The third-order valence-electron chi connectivity index (χ3n) is 4.40. The molecule has 29 heavy (non-hydrogen) atoms. The van der Waals surface area contributed by atoms with Gasteiger partial charge in [0.1, 0.15) is 5.75 Å². The molecule has 0 radical (unpaired) electrons. The standard InChI is InChI=1S/C20H17N5O4/c1-11-23-24-19(29-11)13-5-7-17(28-3)16(9-13)22-18(26)12-4-6-14-15(8-12)21-10-25(2)20(14)27/h4-10H,1-3H3,(H,22,26). The Balaban J connectivity index is 1.68. The van der Waals surface area contributed by atoms with E-state index < -0.39 is 0 Å². The van der Waals surface area contributed by atoms with Crippen LogP contribution >= 0.6 is 0 Å². The van der Waals surface area contributed by atoms with Crippen LogP contribution in [0.4, 0.5) is 5.69 Å². The number of methoxy groups -OCH3 is 1. The molecule has 4 rings (SSSR count). The summed E-state index contributed by atoms with van der Waals surface area (Å²) in [6.45, 7) is 1.70. The molecule has 0 bridgehead atoms. The number of aromatic nitrogens is 4. The van der Waals surface area contributed by atoms with Gasteiger partial charge in [0.25, 0.3) is 11.5 Å². The number of nitrogens with zero attached hydrogens (tertiary/aromatic N) is 4. The van der Waals surface area contributed by atoms with Crippen molar-refractivity contribution in [2.75, 3.05) is 12.4 Å². The summed E-state index contributed by atoms with van der Waals surface area (Å²) in [6.07, 6.45) is 1.42. The zero-order valence-electron chi connectivity index (χ0n) is 16.0. The van der Waals surface area contributed by atoms with Gasteiger partial charge in [-0.25, -0.2) is 4.98 Å². The van der Waals surface area contributed by atoms with Crippen LogP contribution in [0.3, 0.4) is 0 Å². The van der Waals surface area contributed by atoms with Crippen molar-refractivity contribution in [3.63, 3.8) is 0 Å². The van der Waals surface area contributed by atoms with Crippen LogP contribution in [0.15, 0.2) is 51.9 Å². The average molecular weight is 391 g/mol. The number of ether oxygens (including phenoxy) is 1. The van der Waals surface area contributed by atoms with Gasteiger partial charge in [0, 0.05) is 25.1 Å². The Morgan fingerprint density at radius 2 is 2.00 bits per heavy atom. The van der Waals surface area contributed by atoms with E-state index in [-0.39, 0.29) is 11.5 Å². The van der Waals surface area contributed by atoms with Crippen LogP contribution in [0, 0.1) is 6.92 Å². The monoisotopic (exact) mass is 391 g/mol. The fourth-order valence-corrected chi connectivity index (χ4v) is 2.90. The molecule has 0 atom stereocenters. The fourth-order valence-electron chi connectivity index (χ4n) is 2.90. The van der Waals surface area contributed by atoms with Gasteiger partial charge < -0.3 is 19.0 Å². The Bertz CT molecular complexity index is 1290. The first-order valence-corrected chi connectivity index (χ1v) is 8.71. The van der Waals surface area contributed by atoms with E-state index >= 15 is 0 Å². The zero-order valence-corrected chi connectivity index (χ0v) is 16.0. The molecule has 2 aromatic carbocycles. The summed E-state index contributed by atoms with van der Waals surface area (Å²) in [7, 11) is 3.14. The van der Waals surface area contributed by atoms with Crippen LogP contribution in [0.5, 0.6) is 5.75 Å². The van der Waals surface area contributed by atoms with Gasteiger partial charge >= 0.3 is 0 Å². The van der Waals surface area contributed by atoms with E-state index in [1.807, 2.05) is 0 Å². The van der Waals surface area contributed by atoms with Crippen LogP contribution in [0.25, 0.3) is 22.4 Å². The lowest BCUT2D eigenvalue weighted by Crippen LogP contribution is -2.18. The van der Waals surface area contributed by atoms with Crippen molar-refractivity contribution in [1.82, 2.24) is 19.7 Å². The van der Waals surface area contributed by atoms with Gasteiger partial charge in [-0.1, -0.05) is 0 Å². The normalized spacial score (nSPS) is 10.9. The number of amides is 1. The maximum absolute atomic E-state index is 12.8. The molecule has 0 spiro atoms. The van der Waals surface area contributed by atoms with Crippen LogP contribution in [-0.4, -0.2) is 32.8 Å². The molecule has 1 N–H and O–H groups in total. The number of aryl methyl sites for hydroxylation is 2. The lowest BCUT2D eigenvalue weighted by Gasteiger charge is -2.11. The number of fused-ring (bicyclic) bond motifs is 1. The number of carbonyl (C=O) groups is 1. The van der Waals surface area contributed by atoms with Gasteiger partial charge in [-0.05, 0) is 36.4 Å². The highest BCUT2D eigenvalue weighted by Gasteiger charge is 2.15. The van der Waals surface area contributed by atoms with Gasteiger partial charge in [0.15, 0.2) is 0 Å². The number of anilines is 1. The number of hydrogen-bond acceptors (Lipinski definition) is 7. The van der Waals surface area contributed by atoms with Crippen LogP contribution in [0.1, 0.15) is 16.2 Å². The Morgan fingerprint density at radius 3 is 2.72 bits per heavy atom. The lowest BCUT2D eigenvalue weighted by molar-refractivity contribution is 0.102. The predicted molar refractivity (Wildman–Crippen MR) is 106 cm³/mol. The highest BCUT2D eigenvalue weighted by molar-refractivity contribution is 6.07. The molecular weight excluding hydrogens is 374 g/mol. The highest BCUT2D eigenvalue weighted by atomic mass is 16.5. The molecule has 0 saturated carbocycles. The van der Waals surface area contributed by atoms with Gasteiger partial charge in [-0.15, -0.1) is 10.2 Å². The predicted octanol–water partition coefficient (Wildman–Crippen LogP) is 2.55. The van der Waals surface area contributed by atoms with Crippen molar-refractivity contribution >= 4 is 22.5 Å². The summed E-state index contributed by atoms with van der Waals surface area (Å²) < 4.78 is 12.2. The van der Waals surface area contributed by atoms with E-state index in [4.69, 9.17) is 9.15 Å². The van der Waals surface area contributed by atoms with E-state index in [1.54, 1.807) is 50.4 Å². The molecule has 2 heterocycles. The highest BCUT2D eigenvalue weighted by Crippen LogP contribution is 2.30. The quantitative estimate of drug-likeness (QED) is 0.569. The van der Waals surface area contributed by atoms with Crippen LogP contribution in [0.2, 0.25) is 0 Å². The third-order valence-corrected chi connectivity index (χ3v) is 4.40. The van der Waals surface area contributed by atoms with E-state index in [0.29, 0.717) is 45.2 Å². The molecule has 9 heteroatoms. The zero-order chi connectivity index (χ0) is 20.5. The van der Waals surface area contributed by atoms with Gasteiger partial charge in [0.05, 0.1) is 30.0 Å². The minimum absolute atomic E-state index is 0.175. The summed E-state index contributed by atoms with van der Waals surface area (Å²) in [5, 5.41) is 11.1. The summed E-state index contributed by atoms with van der Waals surface area (Å²) in [6, 6.07) is 9.91. The summed E-state index contributed by atoms with van der Waals surface area (Å²) in [4.78, 5) is 29.2. The molecule has 146 valence electrons. The van der Waals surface area contributed by atoms with Crippen molar-refractivity contribution in [1.29, 1.82) is 0 Å². The Kier molecular flexibility index (Phi) is 4.55. The number of hydrogen-bond donors (Lipinski definition) is 1. The minimum atomic E-state index is -0.369. The van der Waals surface area contributed by atoms with E-state index in [1.165, 1.54) is 18.0 Å². The van der Waals surface area contributed by atoms with E-state index in [0.717, 1.165) is 0 Å². The molecule has 0 unspecified atom stereocenters. The maximum atomic E-state index is 12.8. The fraction of sp³-hybridized carbons (Fsp3) is 0.150. The largest absolute Gasteiger partial charge is 0.495 e. The van der Waals surface area contributed by atoms with Crippen LogP contribution < -0.4 is 15.6 Å². The van der Waals surface area contributed by atoms with E-state index in [2.05, 4.69) is 20.5 Å². The second kappa shape index (κ2) is 7.19. The molecule has 0 aliphatic carbocycles. The second-order valence-corrected chi connectivity index (χ2v) is 6.39. The van der Waals surface area contributed by atoms with Crippen LogP contribution in [-0.2, 0) is 7.05 Å². The Labute approximate surface area is 165 Å². The first-order chi connectivity index (χ1) is 14.0. The van der Waals surface area contributed by atoms with Gasteiger partial charge in [-0.2, -0.15) is 0 Å². The summed E-state index contributed by atoms with van der Waals surface area (Å²) >= 11 is 0. The van der Waals surface area contributed by atoms with Crippen molar-refractivity contribution in [2.24, 2.45) is 7.05 Å². The second-order valence-electron chi connectivity index (χ2n) is 6.39. The topological polar surface area (TPSA) is 112 Å². The van der Waals surface area contributed by atoms with Gasteiger partial charge in [-0.3, -0.25) is 9.59 Å². The number of benzene rings is 2. The minimum Gasteiger partial charge on any atom is -0.495 e. The number of rotatable bonds is 4. The molecule has 2 aromatic heterocycles. The molecule has 0 aliphatic rings. The Morgan fingerprint density at radius 1 is 1.17 bits per heavy atom. The van der Waals surface area contributed by atoms with Crippen molar-refractivity contribution < 1.29 is 13.9 Å². The molecule has 0 saturated heterocycles. The molecule has 0 aliphatic heterocycles. The summed E-state index contributed by atoms with van der Waals surface area (Å²) in [5.74, 6) is 0.889. The molecule has 9 nitrogen and oxygen atoms in total. The first kappa shape index (κ1) is 18.4. The Hall–Kier alpha value is -4.01. The van der Waals surface area contributed by atoms with Gasteiger partial charge in [0.2, 0.25) is 11.8 Å². The first-order valence-electron chi connectivity index (χ1n) is 8.71.